The summed E-state index contributed by atoms with van der Waals surface area (Å²) < 4.78 is 7.57. The van der Waals surface area contributed by atoms with E-state index in [0.29, 0.717) is 11.4 Å². The van der Waals surface area contributed by atoms with Crippen LogP contribution in [0.5, 0.6) is 5.75 Å². The number of benzene rings is 3. The van der Waals surface area contributed by atoms with Crippen molar-refractivity contribution in [3.63, 3.8) is 0 Å². The number of para-hydroxylation sites is 1. The van der Waals surface area contributed by atoms with Crippen molar-refractivity contribution >= 4 is 29.3 Å². The zero-order valence-electron chi connectivity index (χ0n) is 22.2. The minimum Gasteiger partial charge on any atom is -0.507 e. The van der Waals surface area contributed by atoms with Gasteiger partial charge in [-0.1, -0.05) is 36.4 Å². The standard InChI is InChI=1S/C32H31N5O2.ClH/c33-32(15-4-16-32)23-9-11-24(12-10-23)37-30(26-7-1-2-8-29(26)38)35-28-14-13-27(34-31(28)37)22-5-3-6-25(21-22)36-17-19-39-20-18-36;/h1-3,5-14,21,38H,4,15-20,33H2;1H. The van der Waals surface area contributed by atoms with E-state index in [-0.39, 0.29) is 23.7 Å². The Balaban J connectivity index is 0.00000289. The Morgan fingerprint density at radius 1 is 0.825 bits per heavy atom. The number of phenolic OH excluding ortho intramolecular Hbond substituents is 1. The number of fused-ring (bicyclic) bond motifs is 1. The van der Waals surface area contributed by atoms with E-state index in [1.807, 2.05) is 34.9 Å². The number of morpholine rings is 1. The lowest BCUT2D eigenvalue weighted by Crippen LogP contribution is -2.43. The van der Waals surface area contributed by atoms with Crippen molar-refractivity contribution in [2.45, 2.75) is 24.8 Å². The van der Waals surface area contributed by atoms with Gasteiger partial charge in [0, 0.05) is 35.6 Å². The molecule has 8 heteroatoms. The highest BCUT2D eigenvalue weighted by Crippen LogP contribution is 2.40. The number of nitrogens with two attached hydrogens (primary N) is 1. The minimum atomic E-state index is -0.229. The SMILES string of the molecule is Cl.NC1(c2ccc(-n3c(-c4ccccc4O)nc4ccc(-c5cccc(N6CCOCC6)c5)nc43)cc2)CCC1. The van der Waals surface area contributed by atoms with E-state index in [1.165, 1.54) is 12.1 Å². The summed E-state index contributed by atoms with van der Waals surface area (Å²) in [7, 11) is 0. The zero-order chi connectivity index (χ0) is 26.4. The summed E-state index contributed by atoms with van der Waals surface area (Å²) in [5.74, 6) is 0.827. The van der Waals surface area contributed by atoms with Gasteiger partial charge in [-0.15, -0.1) is 12.4 Å². The van der Waals surface area contributed by atoms with Crippen LogP contribution in [0, 0.1) is 0 Å². The number of nitrogens with zero attached hydrogens (tertiary/aromatic N) is 4. The smallest absolute Gasteiger partial charge is 0.165 e. The Morgan fingerprint density at radius 3 is 2.33 bits per heavy atom. The van der Waals surface area contributed by atoms with Gasteiger partial charge in [-0.2, -0.15) is 0 Å². The van der Waals surface area contributed by atoms with Crippen LogP contribution in [0.15, 0.2) is 84.9 Å². The number of hydrogen-bond acceptors (Lipinski definition) is 6. The molecule has 7 rings (SSSR count). The monoisotopic (exact) mass is 553 g/mol. The number of pyridine rings is 1. The fourth-order valence-electron chi connectivity index (χ4n) is 5.68. The van der Waals surface area contributed by atoms with Crippen molar-refractivity contribution in [2.75, 3.05) is 31.2 Å². The van der Waals surface area contributed by atoms with Crippen molar-refractivity contribution in [2.24, 2.45) is 5.73 Å². The molecular weight excluding hydrogens is 522 g/mol. The maximum absolute atomic E-state index is 10.7. The van der Waals surface area contributed by atoms with Crippen LogP contribution in [-0.2, 0) is 10.3 Å². The van der Waals surface area contributed by atoms with Crippen molar-refractivity contribution in [3.05, 3.63) is 90.5 Å². The molecule has 1 saturated heterocycles. The maximum atomic E-state index is 10.7. The molecule has 0 atom stereocenters. The molecule has 0 unspecified atom stereocenters. The van der Waals surface area contributed by atoms with Crippen LogP contribution in [0.3, 0.4) is 0 Å². The Morgan fingerprint density at radius 2 is 1.60 bits per heavy atom. The van der Waals surface area contributed by atoms with Gasteiger partial charge in [-0.25, -0.2) is 9.97 Å². The Labute approximate surface area is 239 Å². The summed E-state index contributed by atoms with van der Waals surface area (Å²) in [6, 6.07) is 28.2. The van der Waals surface area contributed by atoms with Gasteiger partial charge in [0.05, 0.1) is 24.5 Å². The van der Waals surface area contributed by atoms with Crippen LogP contribution in [0.1, 0.15) is 24.8 Å². The lowest BCUT2D eigenvalue weighted by atomic mass is 9.73. The predicted molar refractivity (Wildman–Crippen MR) is 161 cm³/mol. The summed E-state index contributed by atoms with van der Waals surface area (Å²) in [5, 5.41) is 10.7. The molecule has 7 nitrogen and oxygen atoms in total. The molecule has 1 aliphatic heterocycles. The zero-order valence-corrected chi connectivity index (χ0v) is 23.0. The van der Waals surface area contributed by atoms with Crippen molar-refractivity contribution in [1.29, 1.82) is 0 Å². The molecule has 0 amide bonds. The van der Waals surface area contributed by atoms with Crippen LogP contribution >= 0.6 is 12.4 Å². The molecule has 1 saturated carbocycles. The third kappa shape index (κ3) is 4.60. The number of aromatic hydroxyl groups is 1. The van der Waals surface area contributed by atoms with Crippen molar-refractivity contribution in [3.8, 4) is 34.1 Å². The van der Waals surface area contributed by atoms with Gasteiger partial charge in [0.25, 0.3) is 0 Å². The average molecular weight is 554 g/mol. The number of rotatable bonds is 5. The van der Waals surface area contributed by atoms with Gasteiger partial charge >= 0.3 is 0 Å². The molecule has 2 aliphatic rings. The third-order valence-corrected chi connectivity index (χ3v) is 8.11. The molecule has 0 bridgehead atoms. The molecule has 0 radical (unpaired) electrons. The first-order valence-electron chi connectivity index (χ1n) is 13.6. The Bertz CT molecular complexity index is 1660. The lowest BCUT2D eigenvalue weighted by Gasteiger charge is -2.38. The van der Waals surface area contributed by atoms with E-state index in [1.54, 1.807) is 6.07 Å². The van der Waals surface area contributed by atoms with E-state index >= 15 is 0 Å². The number of halogens is 1. The number of anilines is 1. The first-order valence-corrected chi connectivity index (χ1v) is 13.6. The van der Waals surface area contributed by atoms with E-state index in [2.05, 4.69) is 53.4 Å². The predicted octanol–water partition coefficient (Wildman–Crippen LogP) is 6.06. The molecule has 204 valence electrons. The van der Waals surface area contributed by atoms with Crippen LogP contribution in [-0.4, -0.2) is 45.9 Å². The van der Waals surface area contributed by atoms with Gasteiger partial charge in [0.2, 0.25) is 0 Å². The van der Waals surface area contributed by atoms with Gasteiger partial charge in [0.1, 0.15) is 11.3 Å². The molecule has 0 spiro atoms. The molecule has 3 aromatic carbocycles. The van der Waals surface area contributed by atoms with E-state index in [0.717, 1.165) is 72.8 Å². The highest BCUT2D eigenvalue weighted by atomic mass is 35.5. The summed E-state index contributed by atoms with van der Waals surface area (Å²) >= 11 is 0. The second-order valence-electron chi connectivity index (χ2n) is 10.5. The number of imidazole rings is 1. The minimum absolute atomic E-state index is 0. The summed E-state index contributed by atoms with van der Waals surface area (Å²) in [6.45, 7) is 3.25. The highest BCUT2D eigenvalue weighted by molar-refractivity contribution is 5.85. The average Bonchev–Trinajstić information content (AvgIpc) is 3.35. The van der Waals surface area contributed by atoms with E-state index in [9.17, 15) is 5.11 Å². The van der Waals surface area contributed by atoms with Crippen molar-refractivity contribution in [1.82, 2.24) is 14.5 Å². The molecule has 40 heavy (non-hydrogen) atoms. The fourth-order valence-corrected chi connectivity index (χ4v) is 5.68. The van der Waals surface area contributed by atoms with Crippen molar-refractivity contribution < 1.29 is 9.84 Å². The second-order valence-corrected chi connectivity index (χ2v) is 10.5. The van der Waals surface area contributed by atoms with Crippen LogP contribution in [0.4, 0.5) is 5.69 Å². The number of ether oxygens (including phenoxy) is 1. The quantitative estimate of drug-likeness (QED) is 0.275. The van der Waals surface area contributed by atoms with Crippen LogP contribution in [0.2, 0.25) is 0 Å². The summed E-state index contributed by atoms with van der Waals surface area (Å²) in [4.78, 5) is 12.4. The molecule has 2 fully saturated rings. The Hall–Kier alpha value is -3.91. The van der Waals surface area contributed by atoms with Crippen LogP contribution in [0.25, 0.3) is 39.5 Å². The van der Waals surface area contributed by atoms with E-state index < -0.39 is 0 Å². The van der Waals surface area contributed by atoms with E-state index in [4.69, 9.17) is 20.4 Å². The summed E-state index contributed by atoms with van der Waals surface area (Å²) in [5.41, 5.74) is 13.7. The van der Waals surface area contributed by atoms with Gasteiger partial charge in [0.15, 0.2) is 11.5 Å². The molecule has 1 aliphatic carbocycles. The Kier molecular flexibility index (Phi) is 6.96. The molecule has 3 N–H and O–H groups in total. The van der Waals surface area contributed by atoms with Gasteiger partial charge in [-0.05, 0) is 73.4 Å². The first-order chi connectivity index (χ1) is 19.1. The lowest BCUT2D eigenvalue weighted by molar-refractivity contribution is 0.122. The molecule has 5 aromatic rings. The maximum Gasteiger partial charge on any atom is 0.165 e. The normalized spacial score (nSPS) is 16.4. The molecular formula is C32H32ClN5O2. The highest BCUT2D eigenvalue weighted by Gasteiger charge is 2.34. The second kappa shape index (κ2) is 10.6. The number of hydrogen-bond donors (Lipinski definition) is 2. The molecule has 2 aromatic heterocycles. The summed E-state index contributed by atoms with van der Waals surface area (Å²) in [6.07, 6.45) is 3.19. The first kappa shape index (κ1) is 26.3. The number of aromatic nitrogens is 3. The van der Waals surface area contributed by atoms with Gasteiger partial charge < -0.3 is 20.5 Å². The third-order valence-electron chi connectivity index (χ3n) is 8.11. The fraction of sp³-hybridized carbons (Fsp3) is 0.250. The van der Waals surface area contributed by atoms with Crippen LogP contribution < -0.4 is 10.6 Å². The molecule has 3 heterocycles. The van der Waals surface area contributed by atoms with Gasteiger partial charge in [-0.3, -0.25) is 4.57 Å². The number of phenols is 1. The topological polar surface area (TPSA) is 89.4 Å². The largest absolute Gasteiger partial charge is 0.507 e.